The van der Waals surface area contributed by atoms with Crippen molar-refractivity contribution in [2.45, 2.75) is 45.1 Å². The fraction of sp³-hybridized carbons (Fsp3) is 0.444. The molecule has 1 aliphatic rings. The molecule has 0 atom stereocenters. The summed E-state index contributed by atoms with van der Waals surface area (Å²) in [6, 6.07) is 8.37. The molecule has 1 saturated carbocycles. The first kappa shape index (κ1) is 14.8. The zero-order chi connectivity index (χ0) is 15.4. The zero-order valence-electron chi connectivity index (χ0n) is 13.0. The van der Waals surface area contributed by atoms with E-state index in [-0.39, 0.29) is 5.97 Å². The van der Waals surface area contributed by atoms with Crippen molar-refractivity contribution in [2.75, 3.05) is 11.9 Å². The van der Waals surface area contributed by atoms with E-state index in [1.54, 1.807) is 6.20 Å². The van der Waals surface area contributed by atoms with E-state index < -0.39 is 0 Å². The van der Waals surface area contributed by atoms with Crippen LogP contribution in [-0.4, -0.2) is 23.6 Å². The molecule has 22 heavy (non-hydrogen) atoms. The van der Waals surface area contributed by atoms with E-state index in [4.69, 9.17) is 4.74 Å². The molecule has 0 radical (unpaired) electrons. The van der Waals surface area contributed by atoms with Crippen LogP contribution in [0.5, 0.6) is 0 Å². The van der Waals surface area contributed by atoms with Crippen molar-refractivity contribution in [1.29, 1.82) is 0 Å². The van der Waals surface area contributed by atoms with Crippen molar-refractivity contribution in [3.8, 4) is 0 Å². The summed E-state index contributed by atoms with van der Waals surface area (Å²) in [5.41, 5.74) is 0.534. The molecule has 0 saturated heterocycles. The molecule has 0 unspecified atom stereocenters. The molecule has 0 aliphatic heterocycles. The predicted octanol–water partition coefficient (Wildman–Crippen LogP) is 4.16. The fourth-order valence-electron chi connectivity index (χ4n) is 3.12. The monoisotopic (exact) mass is 298 g/mol. The Morgan fingerprint density at radius 1 is 1.23 bits per heavy atom. The topological polar surface area (TPSA) is 51.2 Å². The van der Waals surface area contributed by atoms with E-state index in [2.05, 4.69) is 10.3 Å². The molecule has 1 N–H and O–H groups in total. The third kappa shape index (κ3) is 3.06. The van der Waals surface area contributed by atoms with Gasteiger partial charge in [0.1, 0.15) is 5.82 Å². The summed E-state index contributed by atoms with van der Waals surface area (Å²) in [5, 5.41) is 5.44. The van der Waals surface area contributed by atoms with Crippen LogP contribution in [0.15, 0.2) is 30.5 Å². The minimum atomic E-state index is -0.310. The second-order valence-electron chi connectivity index (χ2n) is 5.77. The standard InChI is InChI=1S/C18H22N2O2/c1-2-22-18(21)16-12-19-17(15-11-7-6-10-14(15)16)20-13-8-4-3-5-9-13/h6-7,10-13H,2-5,8-9H2,1H3,(H,19,20). The third-order valence-corrected chi connectivity index (χ3v) is 4.24. The van der Waals surface area contributed by atoms with Gasteiger partial charge in [0, 0.05) is 23.0 Å². The van der Waals surface area contributed by atoms with Crippen LogP contribution >= 0.6 is 0 Å². The van der Waals surface area contributed by atoms with Crippen LogP contribution in [0.2, 0.25) is 0 Å². The van der Waals surface area contributed by atoms with Crippen LogP contribution in [0.3, 0.4) is 0 Å². The minimum absolute atomic E-state index is 0.310. The van der Waals surface area contributed by atoms with Crippen LogP contribution in [0.25, 0.3) is 10.8 Å². The van der Waals surface area contributed by atoms with Crippen LogP contribution in [0.4, 0.5) is 5.82 Å². The van der Waals surface area contributed by atoms with E-state index in [0.29, 0.717) is 18.2 Å². The van der Waals surface area contributed by atoms with Crippen molar-refractivity contribution < 1.29 is 9.53 Å². The molecule has 1 aromatic heterocycles. The van der Waals surface area contributed by atoms with Gasteiger partial charge in [-0.25, -0.2) is 9.78 Å². The highest BCUT2D eigenvalue weighted by molar-refractivity contribution is 6.07. The number of esters is 1. The Hall–Kier alpha value is -2.10. The first-order chi connectivity index (χ1) is 10.8. The number of carbonyl (C=O) groups excluding carboxylic acids is 1. The first-order valence-electron chi connectivity index (χ1n) is 8.11. The zero-order valence-corrected chi connectivity index (χ0v) is 13.0. The molecule has 1 heterocycles. The fourth-order valence-corrected chi connectivity index (χ4v) is 3.12. The van der Waals surface area contributed by atoms with Crippen molar-refractivity contribution in [3.05, 3.63) is 36.0 Å². The van der Waals surface area contributed by atoms with Crippen molar-refractivity contribution in [1.82, 2.24) is 4.98 Å². The molecule has 4 heteroatoms. The third-order valence-electron chi connectivity index (χ3n) is 4.24. The number of hydrogen-bond donors (Lipinski definition) is 1. The van der Waals surface area contributed by atoms with E-state index >= 15 is 0 Å². The van der Waals surface area contributed by atoms with Gasteiger partial charge in [-0.2, -0.15) is 0 Å². The van der Waals surface area contributed by atoms with E-state index in [9.17, 15) is 4.79 Å². The molecule has 0 amide bonds. The predicted molar refractivity (Wildman–Crippen MR) is 88.2 cm³/mol. The SMILES string of the molecule is CCOC(=O)c1cnc(NC2CCCCC2)c2ccccc12. The molecule has 1 fully saturated rings. The number of anilines is 1. The molecule has 116 valence electrons. The average Bonchev–Trinajstić information content (AvgIpc) is 2.56. The highest BCUT2D eigenvalue weighted by Crippen LogP contribution is 2.28. The molecule has 4 nitrogen and oxygen atoms in total. The van der Waals surface area contributed by atoms with Gasteiger partial charge in [0.05, 0.1) is 12.2 Å². The summed E-state index contributed by atoms with van der Waals surface area (Å²) in [7, 11) is 0. The summed E-state index contributed by atoms with van der Waals surface area (Å²) >= 11 is 0. The van der Waals surface area contributed by atoms with E-state index in [1.165, 1.54) is 32.1 Å². The largest absolute Gasteiger partial charge is 0.462 e. The summed E-state index contributed by atoms with van der Waals surface area (Å²) in [4.78, 5) is 16.6. The lowest BCUT2D eigenvalue weighted by molar-refractivity contribution is 0.0528. The van der Waals surface area contributed by atoms with E-state index in [1.807, 2.05) is 31.2 Å². The summed E-state index contributed by atoms with van der Waals surface area (Å²) < 4.78 is 5.13. The number of nitrogens with zero attached hydrogens (tertiary/aromatic N) is 1. The second-order valence-corrected chi connectivity index (χ2v) is 5.77. The lowest BCUT2D eigenvalue weighted by atomic mass is 9.95. The maximum atomic E-state index is 12.1. The Kier molecular flexibility index (Phi) is 4.56. The van der Waals surface area contributed by atoms with Gasteiger partial charge in [0.2, 0.25) is 0 Å². The normalized spacial score (nSPS) is 15.7. The number of fused-ring (bicyclic) bond motifs is 1. The first-order valence-corrected chi connectivity index (χ1v) is 8.11. The van der Waals surface area contributed by atoms with Crippen molar-refractivity contribution >= 4 is 22.6 Å². The number of ether oxygens (including phenoxy) is 1. The Morgan fingerprint density at radius 2 is 1.95 bits per heavy atom. The molecular formula is C18H22N2O2. The van der Waals surface area contributed by atoms with E-state index in [0.717, 1.165) is 16.6 Å². The molecule has 3 rings (SSSR count). The summed E-state index contributed by atoms with van der Waals surface area (Å²) in [6.07, 6.45) is 7.89. The highest BCUT2D eigenvalue weighted by atomic mass is 16.5. The van der Waals surface area contributed by atoms with Crippen LogP contribution < -0.4 is 5.32 Å². The van der Waals surface area contributed by atoms with Crippen LogP contribution in [0.1, 0.15) is 49.4 Å². The minimum Gasteiger partial charge on any atom is -0.462 e. The number of benzene rings is 1. The molecule has 1 aromatic carbocycles. The molecule has 0 spiro atoms. The Labute approximate surface area is 130 Å². The summed E-state index contributed by atoms with van der Waals surface area (Å²) in [6.45, 7) is 2.18. The lowest BCUT2D eigenvalue weighted by Crippen LogP contribution is -2.23. The van der Waals surface area contributed by atoms with Crippen LogP contribution in [0, 0.1) is 0 Å². The molecule has 1 aliphatic carbocycles. The maximum absolute atomic E-state index is 12.1. The van der Waals surface area contributed by atoms with Gasteiger partial charge >= 0.3 is 5.97 Å². The molecular weight excluding hydrogens is 276 g/mol. The average molecular weight is 298 g/mol. The highest BCUT2D eigenvalue weighted by Gasteiger charge is 2.17. The number of hydrogen-bond acceptors (Lipinski definition) is 4. The van der Waals surface area contributed by atoms with Gasteiger partial charge in [-0.05, 0) is 19.8 Å². The quantitative estimate of drug-likeness (QED) is 0.861. The Balaban J connectivity index is 1.95. The van der Waals surface area contributed by atoms with Gasteiger partial charge < -0.3 is 10.1 Å². The number of rotatable bonds is 4. The van der Waals surface area contributed by atoms with Gasteiger partial charge in [-0.15, -0.1) is 0 Å². The smallest absolute Gasteiger partial charge is 0.340 e. The Bertz CT molecular complexity index is 663. The van der Waals surface area contributed by atoms with Gasteiger partial charge in [0.15, 0.2) is 0 Å². The van der Waals surface area contributed by atoms with Crippen LogP contribution in [-0.2, 0) is 4.74 Å². The number of carbonyl (C=O) groups is 1. The number of aromatic nitrogens is 1. The Morgan fingerprint density at radius 3 is 2.68 bits per heavy atom. The number of nitrogens with one attached hydrogen (secondary N) is 1. The second kappa shape index (κ2) is 6.77. The van der Waals surface area contributed by atoms with Gasteiger partial charge in [0.25, 0.3) is 0 Å². The van der Waals surface area contributed by atoms with Gasteiger partial charge in [-0.1, -0.05) is 43.5 Å². The molecule has 2 aromatic rings. The van der Waals surface area contributed by atoms with Crippen molar-refractivity contribution in [2.24, 2.45) is 0 Å². The van der Waals surface area contributed by atoms with Crippen molar-refractivity contribution in [3.63, 3.8) is 0 Å². The maximum Gasteiger partial charge on any atom is 0.340 e. The van der Waals surface area contributed by atoms with Gasteiger partial charge in [-0.3, -0.25) is 0 Å². The number of pyridine rings is 1. The molecule has 0 bridgehead atoms. The summed E-state index contributed by atoms with van der Waals surface area (Å²) in [5.74, 6) is 0.561. The lowest BCUT2D eigenvalue weighted by Gasteiger charge is -2.24.